The van der Waals surface area contributed by atoms with Crippen LogP contribution in [0.15, 0.2) is 6.33 Å². The monoisotopic (exact) mass is 648 g/mol. The van der Waals surface area contributed by atoms with E-state index < -0.39 is 73.5 Å². The Balaban J connectivity index is 1.53. The van der Waals surface area contributed by atoms with Crippen LogP contribution in [-0.2, 0) is 28.2 Å². The highest BCUT2D eigenvalue weighted by Gasteiger charge is 2.56. The number of fused-ring (bicyclic) bond motifs is 1. The summed E-state index contributed by atoms with van der Waals surface area (Å²) in [6, 6.07) is -2.86. The summed E-state index contributed by atoms with van der Waals surface area (Å²) in [6.07, 6.45) is -3.81. The molecule has 0 aliphatic carbocycles. The molecule has 2 saturated heterocycles. The van der Waals surface area contributed by atoms with E-state index >= 15 is 4.39 Å². The minimum Gasteiger partial charge on any atom is -0.476 e. The summed E-state index contributed by atoms with van der Waals surface area (Å²) in [5, 5.41) is 17.9. The number of nitrogen functional groups attached to an aromatic ring is 1. The van der Waals surface area contributed by atoms with Crippen molar-refractivity contribution in [2.75, 3.05) is 24.7 Å². The van der Waals surface area contributed by atoms with Gasteiger partial charge in [-0.3, -0.25) is 24.0 Å². The number of aromatic nitrogens is 4. The first kappa shape index (κ1) is 32.8. The zero-order valence-electron chi connectivity index (χ0n) is 24.0. The first-order valence-electron chi connectivity index (χ1n) is 13.3. The Bertz CT molecular complexity index is 1430. The fraction of sp³-hybridized carbons (Fsp3) is 0.652. The molecule has 2 aliphatic rings. The highest BCUT2D eigenvalue weighted by atomic mass is 32.7. The Morgan fingerprint density at radius 1 is 1.37 bits per heavy atom. The van der Waals surface area contributed by atoms with Gasteiger partial charge in [-0.1, -0.05) is 11.4 Å². The molecule has 0 saturated carbocycles. The van der Waals surface area contributed by atoms with Gasteiger partial charge in [-0.05, 0) is 34.6 Å². The summed E-state index contributed by atoms with van der Waals surface area (Å²) in [5.41, 5.74) is 3.68. The summed E-state index contributed by atoms with van der Waals surface area (Å²) in [6.45, 7) is 3.10. The van der Waals surface area contributed by atoms with Crippen molar-refractivity contribution in [1.29, 1.82) is 0 Å². The van der Waals surface area contributed by atoms with Gasteiger partial charge in [0.15, 0.2) is 23.1 Å². The number of halogens is 1. The predicted octanol–water partition coefficient (Wildman–Crippen LogP) is 0.789. The molecule has 4 rings (SSSR count). The zero-order valence-corrected chi connectivity index (χ0v) is 25.7. The van der Waals surface area contributed by atoms with Gasteiger partial charge in [-0.2, -0.15) is 9.97 Å². The van der Waals surface area contributed by atoms with Gasteiger partial charge in [-0.25, -0.2) is 19.3 Å². The summed E-state index contributed by atoms with van der Waals surface area (Å²) in [5.74, 6) is -1.62. The molecule has 4 heterocycles. The standard InChI is InChI=1S/C23H34FN8O9PS/c1-6-38-18-14-16(28-21(25)30-18)32(9-26-14)20-23(5,24)15(33)13(41-20)7-39-42(37,31-11(4)19(35)40-10(2)3)43-8-12-17(34)29-22(36)27-12/h9-13,15,20,33H,6-8H2,1-5H3,(H,31,37)(H2,25,28,30)(H2,27,29,34,36)/t11-,12-,13?,15-,20?,23-,42?/m1/s1. The number of aliphatic hydroxyl groups excluding tert-OH is 1. The number of amides is 3. The van der Waals surface area contributed by atoms with Gasteiger partial charge >= 0.3 is 18.7 Å². The molecule has 43 heavy (non-hydrogen) atoms. The molecule has 2 aromatic rings. The fourth-order valence-electron chi connectivity index (χ4n) is 4.32. The number of alkyl halides is 1. The van der Waals surface area contributed by atoms with E-state index in [4.69, 9.17) is 24.5 Å². The molecule has 6 N–H and O–H groups in total. The maximum absolute atomic E-state index is 16.0. The minimum absolute atomic E-state index is 0.0871. The molecular formula is C23H34FN8O9PS. The van der Waals surface area contributed by atoms with Gasteiger partial charge < -0.3 is 34.9 Å². The van der Waals surface area contributed by atoms with Crippen molar-refractivity contribution in [3.05, 3.63) is 6.33 Å². The number of imidazole rings is 1. The molecule has 0 bridgehead atoms. The fourth-order valence-corrected chi connectivity index (χ4v) is 8.19. The second kappa shape index (κ2) is 12.9. The van der Waals surface area contributed by atoms with Crippen molar-refractivity contribution in [3.8, 4) is 5.88 Å². The van der Waals surface area contributed by atoms with Crippen molar-refractivity contribution < 1.29 is 47.2 Å². The number of hydrogen-bond donors (Lipinski definition) is 5. The van der Waals surface area contributed by atoms with Crippen LogP contribution in [0.2, 0.25) is 0 Å². The topological polar surface area (TPSA) is 231 Å². The molecule has 2 aromatic heterocycles. The van der Waals surface area contributed by atoms with Crippen LogP contribution < -0.4 is 26.2 Å². The molecule has 0 aromatic carbocycles. The lowest BCUT2D eigenvalue weighted by molar-refractivity contribution is -0.149. The predicted molar refractivity (Wildman–Crippen MR) is 151 cm³/mol. The smallest absolute Gasteiger partial charge is 0.327 e. The van der Waals surface area contributed by atoms with Crippen LogP contribution in [0.25, 0.3) is 11.2 Å². The first-order chi connectivity index (χ1) is 20.1. The molecule has 0 radical (unpaired) electrons. The maximum Gasteiger partial charge on any atom is 0.327 e. The normalized spacial score (nSPS) is 27.6. The summed E-state index contributed by atoms with van der Waals surface area (Å²) in [4.78, 5) is 48.2. The number of hydrogen-bond acceptors (Lipinski definition) is 14. The molecule has 20 heteroatoms. The van der Waals surface area contributed by atoms with E-state index in [0.29, 0.717) is 11.4 Å². The van der Waals surface area contributed by atoms with Crippen molar-refractivity contribution in [2.45, 2.75) is 76.9 Å². The number of urea groups is 1. The van der Waals surface area contributed by atoms with E-state index in [-0.39, 0.29) is 35.4 Å². The minimum atomic E-state index is -4.08. The largest absolute Gasteiger partial charge is 0.476 e. The van der Waals surface area contributed by atoms with Crippen molar-refractivity contribution in [3.63, 3.8) is 0 Å². The van der Waals surface area contributed by atoms with Crippen LogP contribution in [0, 0.1) is 0 Å². The van der Waals surface area contributed by atoms with Crippen LogP contribution in [0.4, 0.5) is 15.1 Å². The molecule has 3 unspecified atom stereocenters. The van der Waals surface area contributed by atoms with E-state index in [2.05, 4.69) is 30.7 Å². The Labute approximate surface area is 249 Å². The summed E-state index contributed by atoms with van der Waals surface area (Å²) >= 11 is 0.632. The molecule has 2 aliphatic heterocycles. The first-order valence-corrected chi connectivity index (χ1v) is 16.5. The quantitative estimate of drug-likeness (QED) is 0.115. The third-order valence-electron chi connectivity index (χ3n) is 6.39. The summed E-state index contributed by atoms with van der Waals surface area (Å²) in [7, 11) is 0. The number of esters is 1. The van der Waals surface area contributed by atoms with E-state index in [1.165, 1.54) is 17.8 Å². The number of nitrogens with one attached hydrogen (secondary N) is 3. The molecule has 17 nitrogen and oxygen atoms in total. The molecule has 0 spiro atoms. The van der Waals surface area contributed by atoms with Crippen LogP contribution in [0.5, 0.6) is 5.88 Å². The van der Waals surface area contributed by atoms with E-state index in [9.17, 15) is 24.1 Å². The third kappa shape index (κ3) is 7.18. The number of carbonyl (C=O) groups is 3. The van der Waals surface area contributed by atoms with Gasteiger partial charge in [-0.15, -0.1) is 0 Å². The van der Waals surface area contributed by atoms with Gasteiger partial charge in [0.25, 0.3) is 5.91 Å². The lowest BCUT2D eigenvalue weighted by atomic mass is 9.98. The van der Waals surface area contributed by atoms with Gasteiger partial charge in [0.2, 0.25) is 11.8 Å². The number of nitrogens with two attached hydrogens (primary N) is 1. The summed E-state index contributed by atoms with van der Waals surface area (Å²) < 4.78 is 53.3. The second-order valence-corrected chi connectivity index (χ2v) is 14.5. The van der Waals surface area contributed by atoms with Gasteiger partial charge in [0, 0.05) is 5.75 Å². The van der Waals surface area contributed by atoms with Crippen LogP contribution in [0.3, 0.4) is 0 Å². The number of nitrogens with zero attached hydrogens (tertiary/aromatic N) is 4. The SMILES string of the molecule is CCOc1nc(N)nc2c1ncn2C1OC(COP(=O)(N[C@H](C)C(=O)OC(C)C)SC[C@H]2NC(=O)NC2=O)[C@@H](O)[C@@]1(C)F. The van der Waals surface area contributed by atoms with Crippen molar-refractivity contribution in [1.82, 2.24) is 35.2 Å². The Kier molecular flexibility index (Phi) is 9.82. The Hall–Kier alpha value is -3.09. The number of imide groups is 1. The van der Waals surface area contributed by atoms with Crippen LogP contribution >= 0.6 is 18.1 Å². The van der Waals surface area contributed by atoms with Crippen molar-refractivity contribution in [2.24, 2.45) is 0 Å². The van der Waals surface area contributed by atoms with Gasteiger partial charge in [0.05, 0.1) is 25.6 Å². The van der Waals surface area contributed by atoms with E-state index in [0.717, 1.165) is 6.92 Å². The van der Waals surface area contributed by atoms with Crippen LogP contribution in [-0.4, -0.2) is 97.6 Å². The van der Waals surface area contributed by atoms with E-state index in [1.54, 1.807) is 20.8 Å². The number of carbonyl (C=O) groups excluding carboxylic acids is 3. The number of ether oxygens (including phenoxy) is 3. The van der Waals surface area contributed by atoms with Crippen LogP contribution in [0.1, 0.15) is 40.8 Å². The Morgan fingerprint density at radius 3 is 2.72 bits per heavy atom. The highest BCUT2D eigenvalue weighted by Crippen LogP contribution is 2.57. The average Bonchev–Trinajstić information content (AvgIpc) is 3.54. The molecule has 3 amide bonds. The number of anilines is 1. The number of aliphatic hydroxyl groups is 1. The maximum atomic E-state index is 16.0. The third-order valence-corrected chi connectivity index (χ3v) is 10.5. The number of rotatable bonds is 13. The lowest BCUT2D eigenvalue weighted by Gasteiger charge is -2.25. The van der Waals surface area contributed by atoms with Crippen molar-refractivity contribution >= 4 is 53.1 Å². The molecule has 2 fully saturated rings. The van der Waals surface area contributed by atoms with Gasteiger partial charge in [0.1, 0.15) is 24.3 Å². The van der Waals surface area contributed by atoms with E-state index in [1.807, 2.05) is 0 Å². The molecular weight excluding hydrogens is 614 g/mol. The Morgan fingerprint density at radius 2 is 2.09 bits per heavy atom. The molecule has 238 valence electrons. The zero-order chi connectivity index (χ0) is 31.7. The lowest BCUT2D eigenvalue weighted by Crippen LogP contribution is -2.41. The molecule has 7 atom stereocenters. The average molecular weight is 649 g/mol. The highest BCUT2D eigenvalue weighted by molar-refractivity contribution is 8.56. The second-order valence-electron chi connectivity index (χ2n) is 10.2.